The minimum atomic E-state index is -2.64. The average molecular weight is 450 g/mol. The van der Waals surface area contributed by atoms with E-state index >= 15 is 4.39 Å². The Hall–Kier alpha value is -4.19. The highest BCUT2D eigenvalue weighted by Crippen LogP contribution is 2.42. The van der Waals surface area contributed by atoms with Crippen molar-refractivity contribution in [3.63, 3.8) is 0 Å². The van der Waals surface area contributed by atoms with Gasteiger partial charge in [0.2, 0.25) is 11.8 Å². The van der Waals surface area contributed by atoms with Crippen molar-refractivity contribution in [2.45, 2.75) is 19.3 Å². The number of nitrogens with one attached hydrogen (secondary N) is 1. The first kappa shape index (κ1) is 22.0. The third-order valence-electron chi connectivity index (χ3n) is 5.39. The molecule has 1 N–H and O–H groups in total. The summed E-state index contributed by atoms with van der Waals surface area (Å²) in [5.41, 5.74) is 0.984. The second-order valence-electron chi connectivity index (χ2n) is 7.52. The van der Waals surface area contributed by atoms with Crippen LogP contribution in [0, 0.1) is 17.1 Å². The quantitative estimate of drug-likeness (QED) is 0.620. The molecule has 0 aliphatic carbocycles. The molecule has 1 atom stereocenters. The van der Waals surface area contributed by atoms with E-state index in [1.54, 1.807) is 19.1 Å². The molecule has 0 saturated carbocycles. The lowest BCUT2D eigenvalue weighted by atomic mass is 9.96. The van der Waals surface area contributed by atoms with Crippen LogP contribution in [0.3, 0.4) is 0 Å². The Morgan fingerprint density at radius 2 is 1.97 bits per heavy atom. The van der Waals surface area contributed by atoms with E-state index in [1.807, 2.05) is 6.07 Å². The molecule has 33 heavy (non-hydrogen) atoms. The molecule has 1 aliphatic rings. The maximum absolute atomic E-state index is 15.1. The van der Waals surface area contributed by atoms with E-state index in [9.17, 15) is 23.6 Å². The van der Waals surface area contributed by atoms with Gasteiger partial charge < -0.3 is 10.2 Å². The van der Waals surface area contributed by atoms with E-state index in [2.05, 4.69) is 10.3 Å². The van der Waals surface area contributed by atoms with E-state index in [0.717, 1.165) is 11.0 Å². The molecule has 0 fully saturated rings. The van der Waals surface area contributed by atoms with Gasteiger partial charge in [-0.15, -0.1) is 0 Å². The van der Waals surface area contributed by atoms with E-state index in [-0.39, 0.29) is 28.1 Å². The van der Waals surface area contributed by atoms with Crippen LogP contribution < -0.4 is 10.2 Å². The molecule has 2 heterocycles. The number of rotatable bonds is 4. The predicted octanol–water partition coefficient (Wildman–Crippen LogP) is 4.79. The number of halogens is 3. The molecule has 2 amide bonds. The van der Waals surface area contributed by atoms with Crippen molar-refractivity contribution in [1.82, 2.24) is 4.98 Å². The Morgan fingerprint density at radius 3 is 2.64 bits per heavy atom. The van der Waals surface area contributed by atoms with Crippen molar-refractivity contribution >= 4 is 23.2 Å². The smallest absolute Gasteiger partial charge is 0.263 e. The zero-order valence-corrected chi connectivity index (χ0v) is 17.3. The molecule has 0 radical (unpaired) electrons. The van der Waals surface area contributed by atoms with Gasteiger partial charge in [-0.25, -0.2) is 13.2 Å². The normalized spacial score (nSPS) is 14.8. The molecule has 4 rings (SSSR count). The molecule has 1 aromatic heterocycles. The van der Waals surface area contributed by atoms with Crippen molar-refractivity contribution in [2.75, 3.05) is 16.8 Å². The number of aromatic nitrogens is 1. The number of alkyl halides is 2. The van der Waals surface area contributed by atoms with Crippen LogP contribution in [0.2, 0.25) is 0 Å². The highest BCUT2D eigenvalue weighted by Gasteiger charge is 2.35. The van der Waals surface area contributed by atoms with Gasteiger partial charge in [-0.2, -0.15) is 5.26 Å². The number of carbonyl (C=O) groups is 2. The SMILES string of the molecule is CC1C(=O)N(CC(=O)Nc2ccc(C(F)F)cc2)c2cc(C#N)cc(F)c2-c2cccnc21. The van der Waals surface area contributed by atoms with Gasteiger partial charge >= 0.3 is 0 Å². The van der Waals surface area contributed by atoms with Crippen LogP contribution in [0.4, 0.5) is 24.5 Å². The summed E-state index contributed by atoms with van der Waals surface area (Å²) in [5, 5.41) is 11.9. The number of hydrogen-bond acceptors (Lipinski definition) is 4. The Balaban J connectivity index is 1.72. The van der Waals surface area contributed by atoms with Crippen LogP contribution in [0.15, 0.2) is 54.7 Å². The highest BCUT2D eigenvalue weighted by atomic mass is 19.3. The van der Waals surface area contributed by atoms with Crippen LogP contribution in [0.25, 0.3) is 11.1 Å². The topological polar surface area (TPSA) is 86.1 Å². The molecule has 0 saturated heterocycles. The van der Waals surface area contributed by atoms with Crippen molar-refractivity contribution in [3.05, 3.63) is 77.4 Å². The fourth-order valence-corrected chi connectivity index (χ4v) is 3.80. The highest BCUT2D eigenvalue weighted by molar-refractivity contribution is 6.09. The number of amides is 2. The maximum atomic E-state index is 15.1. The summed E-state index contributed by atoms with van der Waals surface area (Å²) < 4.78 is 40.6. The fraction of sp³-hybridized carbons (Fsp3) is 0.167. The molecule has 6 nitrogen and oxygen atoms in total. The monoisotopic (exact) mass is 450 g/mol. The second-order valence-corrected chi connectivity index (χ2v) is 7.52. The second kappa shape index (κ2) is 8.74. The lowest BCUT2D eigenvalue weighted by molar-refractivity contribution is -0.122. The summed E-state index contributed by atoms with van der Waals surface area (Å²) in [6, 6.07) is 12.6. The first-order valence-corrected chi connectivity index (χ1v) is 9.98. The lowest BCUT2D eigenvalue weighted by Gasteiger charge is -2.24. The first-order chi connectivity index (χ1) is 15.8. The molecule has 1 unspecified atom stereocenters. The zero-order valence-electron chi connectivity index (χ0n) is 17.3. The minimum absolute atomic E-state index is 0.00737. The number of nitriles is 1. The molecule has 0 bridgehead atoms. The average Bonchev–Trinajstić information content (AvgIpc) is 2.89. The van der Waals surface area contributed by atoms with Gasteiger partial charge in [-0.1, -0.05) is 18.2 Å². The van der Waals surface area contributed by atoms with E-state index in [1.165, 1.54) is 36.5 Å². The summed E-state index contributed by atoms with van der Waals surface area (Å²) in [6.45, 7) is 1.13. The molecular formula is C24H17F3N4O2. The van der Waals surface area contributed by atoms with Crippen LogP contribution in [-0.4, -0.2) is 23.3 Å². The van der Waals surface area contributed by atoms with Gasteiger partial charge in [0.25, 0.3) is 6.43 Å². The van der Waals surface area contributed by atoms with Gasteiger partial charge in [-0.3, -0.25) is 14.6 Å². The molecular weight excluding hydrogens is 433 g/mol. The Kier molecular flexibility index (Phi) is 5.84. The van der Waals surface area contributed by atoms with Crippen LogP contribution in [0.5, 0.6) is 0 Å². The maximum Gasteiger partial charge on any atom is 0.263 e. The summed E-state index contributed by atoms with van der Waals surface area (Å²) in [4.78, 5) is 31.4. The van der Waals surface area contributed by atoms with Crippen molar-refractivity contribution < 1.29 is 22.8 Å². The van der Waals surface area contributed by atoms with Gasteiger partial charge in [0.05, 0.1) is 28.9 Å². The third-order valence-corrected chi connectivity index (χ3v) is 5.39. The van der Waals surface area contributed by atoms with Crippen molar-refractivity contribution in [3.8, 4) is 17.2 Å². The van der Waals surface area contributed by atoms with Crippen molar-refractivity contribution in [1.29, 1.82) is 5.26 Å². The van der Waals surface area contributed by atoms with Crippen molar-refractivity contribution in [2.24, 2.45) is 0 Å². The van der Waals surface area contributed by atoms with Gasteiger partial charge in [0.15, 0.2) is 0 Å². The summed E-state index contributed by atoms with van der Waals surface area (Å²) in [7, 11) is 0. The van der Waals surface area contributed by atoms with Gasteiger partial charge in [-0.05, 0) is 37.3 Å². The molecule has 3 aromatic rings. The van der Waals surface area contributed by atoms with Gasteiger partial charge in [0.1, 0.15) is 12.4 Å². The largest absolute Gasteiger partial charge is 0.325 e. The van der Waals surface area contributed by atoms with E-state index in [0.29, 0.717) is 11.3 Å². The van der Waals surface area contributed by atoms with Crippen LogP contribution >= 0.6 is 0 Å². The van der Waals surface area contributed by atoms with E-state index in [4.69, 9.17) is 0 Å². The summed E-state index contributed by atoms with van der Waals surface area (Å²) >= 11 is 0. The Bertz CT molecular complexity index is 1290. The molecule has 1 aliphatic heterocycles. The molecule has 9 heteroatoms. The number of fused-ring (bicyclic) bond motifs is 3. The first-order valence-electron chi connectivity index (χ1n) is 9.98. The Morgan fingerprint density at radius 1 is 1.24 bits per heavy atom. The third kappa shape index (κ3) is 4.15. The zero-order chi connectivity index (χ0) is 23.7. The standard InChI is InChI=1S/C24H17F3N4O2/c1-13-22-17(3-2-8-29-22)21-18(25)9-14(11-28)10-19(21)31(24(13)33)12-20(32)30-16-6-4-15(5-7-16)23(26)27/h2-10,13,23H,12H2,1H3,(H,30,32). The summed E-state index contributed by atoms with van der Waals surface area (Å²) in [5.74, 6) is -2.61. The number of nitrogens with zero attached hydrogens (tertiary/aromatic N) is 3. The summed E-state index contributed by atoms with van der Waals surface area (Å²) in [6.07, 6.45) is -1.14. The fourth-order valence-electron chi connectivity index (χ4n) is 3.80. The Labute approximate surface area is 187 Å². The minimum Gasteiger partial charge on any atom is -0.325 e. The van der Waals surface area contributed by atoms with Crippen LogP contribution in [0.1, 0.15) is 36.1 Å². The number of hydrogen-bond donors (Lipinski definition) is 1. The van der Waals surface area contributed by atoms with Crippen LogP contribution in [-0.2, 0) is 9.59 Å². The van der Waals surface area contributed by atoms with Gasteiger partial charge in [0, 0.05) is 28.6 Å². The molecule has 0 spiro atoms. The predicted molar refractivity (Wildman–Crippen MR) is 115 cm³/mol. The number of pyridine rings is 1. The number of benzene rings is 2. The lowest BCUT2D eigenvalue weighted by Crippen LogP contribution is -2.40. The number of carbonyl (C=O) groups excluding carboxylic acids is 2. The molecule has 166 valence electrons. The van der Waals surface area contributed by atoms with E-state index < -0.39 is 36.5 Å². The molecule has 2 aromatic carbocycles. The number of anilines is 2.